The molecular weight excluding hydrogens is 262 g/mol. The minimum absolute atomic E-state index is 0.850. The molecule has 0 aliphatic heterocycles. The van der Waals surface area contributed by atoms with Crippen LogP contribution in [-0.4, -0.2) is 15.0 Å². The van der Waals surface area contributed by atoms with Crippen LogP contribution in [0.25, 0.3) is 20.6 Å². The molecule has 88 valence electrons. The smallest absolute Gasteiger partial charge is 0.170 e. The fourth-order valence-corrected chi connectivity index (χ4v) is 2.82. The average molecular weight is 271 g/mol. The van der Waals surface area contributed by atoms with Gasteiger partial charge < -0.3 is 0 Å². The van der Waals surface area contributed by atoms with E-state index < -0.39 is 0 Å². The van der Waals surface area contributed by atoms with Crippen LogP contribution in [0.2, 0.25) is 0 Å². The predicted molar refractivity (Wildman–Crippen MR) is 77.0 cm³/mol. The SMILES string of the molecule is c1ccc2scnc2c1.c1cnc2ncsc2c1. The lowest BCUT2D eigenvalue weighted by atomic mass is 10.3. The summed E-state index contributed by atoms with van der Waals surface area (Å²) in [6.45, 7) is 0. The molecule has 0 saturated carbocycles. The van der Waals surface area contributed by atoms with E-state index >= 15 is 0 Å². The number of benzene rings is 1. The first-order valence-corrected chi connectivity index (χ1v) is 7.12. The Bertz CT molecular complexity index is 634. The zero-order chi connectivity index (χ0) is 12.2. The van der Waals surface area contributed by atoms with Crippen LogP contribution in [-0.2, 0) is 0 Å². The highest BCUT2D eigenvalue weighted by Crippen LogP contribution is 2.15. The molecule has 4 aromatic rings. The molecule has 0 spiro atoms. The summed E-state index contributed by atoms with van der Waals surface area (Å²) < 4.78 is 2.41. The third-order valence-corrected chi connectivity index (χ3v) is 3.94. The second-order valence-corrected chi connectivity index (χ2v) is 5.27. The number of para-hydroxylation sites is 1. The van der Waals surface area contributed by atoms with Gasteiger partial charge in [-0.2, -0.15) is 0 Å². The summed E-state index contributed by atoms with van der Waals surface area (Å²) in [4.78, 5) is 12.2. The van der Waals surface area contributed by atoms with Crippen molar-refractivity contribution in [3.63, 3.8) is 0 Å². The van der Waals surface area contributed by atoms with Crippen molar-refractivity contribution in [2.24, 2.45) is 0 Å². The summed E-state index contributed by atoms with van der Waals surface area (Å²) in [6.07, 6.45) is 1.75. The quantitative estimate of drug-likeness (QED) is 0.485. The third kappa shape index (κ3) is 2.37. The molecule has 0 saturated heterocycles. The van der Waals surface area contributed by atoms with E-state index in [9.17, 15) is 0 Å². The molecule has 18 heavy (non-hydrogen) atoms. The van der Waals surface area contributed by atoms with Gasteiger partial charge in [0.2, 0.25) is 0 Å². The van der Waals surface area contributed by atoms with Gasteiger partial charge in [0, 0.05) is 6.20 Å². The summed E-state index contributed by atoms with van der Waals surface area (Å²) in [5, 5.41) is 0. The van der Waals surface area contributed by atoms with Gasteiger partial charge in [0.25, 0.3) is 0 Å². The van der Waals surface area contributed by atoms with Crippen LogP contribution in [0.3, 0.4) is 0 Å². The average Bonchev–Trinajstić information content (AvgIpc) is 3.08. The molecule has 4 rings (SSSR count). The van der Waals surface area contributed by atoms with Gasteiger partial charge >= 0.3 is 0 Å². The fourth-order valence-electron chi connectivity index (χ4n) is 1.51. The van der Waals surface area contributed by atoms with Crippen LogP contribution in [0.4, 0.5) is 0 Å². The molecule has 0 atom stereocenters. The number of hydrogen-bond acceptors (Lipinski definition) is 5. The molecular formula is C13H9N3S2. The Balaban J connectivity index is 0.000000111. The van der Waals surface area contributed by atoms with E-state index in [0.29, 0.717) is 0 Å². The van der Waals surface area contributed by atoms with Crippen molar-refractivity contribution in [2.45, 2.75) is 0 Å². The third-order valence-electron chi connectivity index (χ3n) is 2.34. The normalized spacial score (nSPS) is 10.2. The predicted octanol–water partition coefficient (Wildman–Crippen LogP) is 3.99. The van der Waals surface area contributed by atoms with Crippen molar-refractivity contribution in [1.82, 2.24) is 15.0 Å². The lowest BCUT2D eigenvalue weighted by Gasteiger charge is -1.80. The van der Waals surface area contributed by atoms with Crippen molar-refractivity contribution in [3.8, 4) is 0 Å². The molecule has 0 fully saturated rings. The Morgan fingerprint density at radius 2 is 1.50 bits per heavy atom. The number of hydrogen-bond donors (Lipinski definition) is 0. The van der Waals surface area contributed by atoms with E-state index in [-0.39, 0.29) is 0 Å². The van der Waals surface area contributed by atoms with Gasteiger partial charge in [-0.15, -0.1) is 22.7 Å². The Morgan fingerprint density at radius 3 is 2.39 bits per heavy atom. The zero-order valence-corrected chi connectivity index (χ0v) is 11.0. The number of thiazole rings is 2. The second kappa shape index (κ2) is 5.20. The maximum absolute atomic E-state index is 4.14. The molecule has 3 heterocycles. The molecule has 0 radical (unpaired) electrons. The van der Waals surface area contributed by atoms with E-state index in [1.165, 1.54) is 4.70 Å². The topological polar surface area (TPSA) is 38.7 Å². The van der Waals surface area contributed by atoms with Gasteiger partial charge in [0.15, 0.2) is 5.65 Å². The highest BCUT2D eigenvalue weighted by molar-refractivity contribution is 7.17. The monoisotopic (exact) mass is 271 g/mol. The van der Waals surface area contributed by atoms with E-state index in [0.717, 1.165) is 15.9 Å². The van der Waals surface area contributed by atoms with Gasteiger partial charge in [-0.1, -0.05) is 12.1 Å². The standard InChI is InChI=1S/C7H5NS.C6H4N2S/c1-2-4-7-6(3-1)8-5-9-7;1-2-5-6(7-3-1)8-4-9-5/h1-5H;1-4H. The summed E-state index contributed by atoms with van der Waals surface area (Å²) in [6, 6.07) is 12.1. The maximum atomic E-state index is 4.14. The highest BCUT2D eigenvalue weighted by Gasteiger charge is 1.91. The van der Waals surface area contributed by atoms with E-state index in [1.54, 1.807) is 34.4 Å². The molecule has 3 nitrogen and oxygen atoms in total. The first-order chi connectivity index (χ1) is 8.93. The maximum Gasteiger partial charge on any atom is 0.170 e. The Morgan fingerprint density at radius 1 is 0.722 bits per heavy atom. The summed E-state index contributed by atoms with van der Waals surface area (Å²) >= 11 is 3.29. The minimum atomic E-state index is 0.850. The van der Waals surface area contributed by atoms with Gasteiger partial charge in [0.1, 0.15) is 0 Å². The molecule has 0 bridgehead atoms. The molecule has 0 aliphatic carbocycles. The van der Waals surface area contributed by atoms with Crippen LogP contribution >= 0.6 is 22.7 Å². The van der Waals surface area contributed by atoms with Crippen molar-refractivity contribution in [3.05, 3.63) is 53.6 Å². The number of rotatable bonds is 0. The molecule has 1 aromatic carbocycles. The molecule has 3 aromatic heterocycles. The summed E-state index contributed by atoms with van der Waals surface area (Å²) in [7, 11) is 0. The van der Waals surface area contributed by atoms with Gasteiger partial charge in [-0.25, -0.2) is 15.0 Å². The first kappa shape index (κ1) is 11.3. The number of nitrogens with zero attached hydrogens (tertiary/aromatic N) is 3. The number of aromatic nitrogens is 3. The largest absolute Gasteiger partial charge is 0.245 e. The molecule has 0 amide bonds. The number of pyridine rings is 1. The van der Waals surface area contributed by atoms with Crippen LogP contribution < -0.4 is 0 Å². The van der Waals surface area contributed by atoms with Crippen LogP contribution in [0, 0.1) is 0 Å². The second-order valence-electron chi connectivity index (χ2n) is 3.50. The van der Waals surface area contributed by atoms with Crippen LogP contribution in [0.1, 0.15) is 0 Å². The zero-order valence-electron chi connectivity index (χ0n) is 9.35. The molecule has 0 unspecified atom stereocenters. The molecule has 5 heteroatoms. The van der Waals surface area contributed by atoms with E-state index in [4.69, 9.17) is 0 Å². The van der Waals surface area contributed by atoms with Crippen LogP contribution in [0.5, 0.6) is 0 Å². The lowest BCUT2D eigenvalue weighted by molar-refractivity contribution is 1.33. The van der Waals surface area contributed by atoms with Gasteiger partial charge in [-0.3, -0.25) is 0 Å². The van der Waals surface area contributed by atoms with Gasteiger partial charge in [0.05, 0.1) is 25.9 Å². The minimum Gasteiger partial charge on any atom is -0.245 e. The van der Waals surface area contributed by atoms with E-state index in [1.807, 2.05) is 35.8 Å². The Hall–Kier alpha value is -1.85. The van der Waals surface area contributed by atoms with Crippen molar-refractivity contribution < 1.29 is 0 Å². The summed E-state index contributed by atoms with van der Waals surface area (Å²) in [5.74, 6) is 0. The Labute approximate surface area is 112 Å². The summed E-state index contributed by atoms with van der Waals surface area (Å²) in [5.41, 5.74) is 5.62. The highest BCUT2D eigenvalue weighted by atomic mass is 32.1. The van der Waals surface area contributed by atoms with Crippen molar-refractivity contribution >= 4 is 43.2 Å². The Kier molecular flexibility index (Phi) is 3.25. The lowest BCUT2D eigenvalue weighted by Crippen LogP contribution is -1.70. The van der Waals surface area contributed by atoms with Crippen molar-refractivity contribution in [1.29, 1.82) is 0 Å². The van der Waals surface area contributed by atoms with E-state index in [2.05, 4.69) is 21.0 Å². The molecule has 0 N–H and O–H groups in total. The number of fused-ring (bicyclic) bond motifs is 2. The van der Waals surface area contributed by atoms with Crippen LogP contribution in [0.15, 0.2) is 53.6 Å². The molecule has 0 aliphatic rings. The first-order valence-electron chi connectivity index (χ1n) is 5.36. The van der Waals surface area contributed by atoms with Crippen molar-refractivity contribution in [2.75, 3.05) is 0 Å². The van der Waals surface area contributed by atoms with Gasteiger partial charge in [-0.05, 0) is 24.3 Å². The fraction of sp³-hybridized carbons (Fsp3) is 0.